The number of hydrogen-bond acceptors (Lipinski definition) is 4. The van der Waals surface area contributed by atoms with Crippen molar-refractivity contribution in [1.82, 2.24) is 9.55 Å². The molecule has 2 aromatic rings. The Hall–Kier alpha value is -1.20. The Bertz CT molecular complexity index is 565. The van der Waals surface area contributed by atoms with Crippen LogP contribution >= 0.6 is 11.8 Å². The quantitative estimate of drug-likeness (QED) is 0.826. The first-order valence-electron chi connectivity index (χ1n) is 6.45. The second kappa shape index (κ2) is 5.84. The Morgan fingerprint density at radius 1 is 1.42 bits per heavy atom. The fourth-order valence-corrected chi connectivity index (χ4v) is 3.00. The predicted molar refractivity (Wildman–Crippen MR) is 82.3 cm³/mol. The Morgan fingerprint density at radius 2 is 2.16 bits per heavy atom. The summed E-state index contributed by atoms with van der Waals surface area (Å²) in [5.74, 6) is 2.34. The molecule has 0 aliphatic rings. The number of aromatic nitrogens is 2. The van der Waals surface area contributed by atoms with Crippen molar-refractivity contribution in [2.45, 2.75) is 26.5 Å². The minimum atomic E-state index is -0.574. The van der Waals surface area contributed by atoms with Gasteiger partial charge in [0.05, 0.1) is 11.0 Å². The fourth-order valence-electron chi connectivity index (χ4n) is 2.33. The summed E-state index contributed by atoms with van der Waals surface area (Å²) in [5, 5.41) is 9.90. The summed E-state index contributed by atoms with van der Waals surface area (Å²) in [4.78, 5) is 4.51. The number of rotatable bonds is 5. The van der Waals surface area contributed by atoms with E-state index in [9.17, 15) is 5.11 Å². The number of nitrogens with zero attached hydrogens (tertiary/aromatic N) is 2. The maximum absolute atomic E-state index is 9.90. The van der Waals surface area contributed by atoms with Gasteiger partial charge in [0, 0.05) is 12.2 Å². The van der Waals surface area contributed by atoms with Crippen LogP contribution in [0.4, 0.5) is 5.69 Å². The average Bonchev–Trinajstić information content (AvgIpc) is 2.67. The van der Waals surface area contributed by atoms with Gasteiger partial charge >= 0.3 is 0 Å². The molecule has 1 aromatic heterocycles. The second-order valence-electron chi connectivity index (χ2n) is 5.07. The van der Waals surface area contributed by atoms with E-state index in [1.807, 2.05) is 30.0 Å². The van der Waals surface area contributed by atoms with Gasteiger partial charge in [0.1, 0.15) is 11.9 Å². The molecule has 4 nitrogen and oxygen atoms in total. The van der Waals surface area contributed by atoms with Gasteiger partial charge in [0.15, 0.2) is 0 Å². The van der Waals surface area contributed by atoms with Crippen molar-refractivity contribution < 1.29 is 5.11 Å². The van der Waals surface area contributed by atoms with E-state index in [0.29, 0.717) is 17.4 Å². The standard InChI is InChI=1S/C14H21N3OS/c1-9(8-19-3)7-17-13-5-4-11(15)6-12(13)16-14(17)10(2)18/h4-6,9-10,18H,7-8,15H2,1-3H3. The van der Waals surface area contributed by atoms with Gasteiger partial charge < -0.3 is 15.4 Å². The minimum absolute atomic E-state index is 0.530. The molecule has 2 atom stereocenters. The first-order valence-corrected chi connectivity index (χ1v) is 7.85. The van der Waals surface area contributed by atoms with Gasteiger partial charge in [-0.25, -0.2) is 4.98 Å². The van der Waals surface area contributed by atoms with Gasteiger partial charge in [-0.1, -0.05) is 6.92 Å². The predicted octanol–water partition coefficient (Wildman–Crippen LogP) is 2.67. The molecule has 2 rings (SSSR count). The molecule has 0 aliphatic heterocycles. The molecule has 19 heavy (non-hydrogen) atoms. The maximum atomic E-state index is 9.90. The van der Waals surface area contributed by atoms with Crippen LogP contribution < -0.4 is 5.73 Å². The zero-order valence-corrected chi connectivity index (χ0v) is 12.4. The van der Waals surface area contributed by atoms with Crippen LogP contribution in [-0.2, 0) is 6.54 Å². The lowest BCUT2D eigenvalue weighted by Crippen LogP contribution is -2.14. The molecular formula is C14H21N3OS. The smallest absolute Gasteiger partial charge is 0.138 e. The van der Waals surface area contributed by atoms with Crippen molar-refractivity contribution in [3.05, 3.63) is 24.0 Å². The number of nitrogen functional groups attached to an aromatic ring is 1. The number of thioether (sulfide) groups is 1. The van der Waals surface area contributed by atoms with Gasteiger partial charge in [-0.15, -0.1) is 0 Å². The van der Waals surface area contributed by atoms with Gasteiger partial charge in [0.25, 0.3) is 0 Å². The van der Waals surface area contributed by atoms with Crippen LogP contribution in [0.15, 0.2) is 18.2 Å². The zero-order valence-electron chi connectivity index (χ0n) is 11.6. The first kappa shape index (κ1) is 14.2. The SMILES string of the molecule is CSCC(C)Cn1c(C(C)O)nc2cc(N)ccc21. The molecule has 0 radical (unpaired) electrons. The summed E-state index contributed by atoms with van der Waals surface area (Å²) in [6.45, 7) is 4.83. The molecule has 104 valence electrons. The molecule has 0 spiro atoms. The van der Waals surface area contributed by atoms with Crippen molar-refractivity contribution in [3.8, 4) is 0 Å². The van der Waals surface area contributed by atoms with E-state index in [2.05, 4.69) is 22.7 Å². The lowest BCUT2D eigenvalue weighted by atomic mass is 10.2. The van der Waals surface area contributed by atoms with E-state index in [1.54, 1.807) is 6.92 Å². The van der Waals surface area contributed by atoms with E-state index in [0.717, 1.165) is 23.3 Å². The van der Waals surface area contributed by atoms with Crippen LogP contribution in [0.3, 0.4) is 0 Å². The van der Waals surface area contributed by atoms with Crippen LogP contribution in [0.5, 0.6) is 0 Å². The highest BCUT2D eigenvalue weighted by atomic mass is 32.2. The Kier molecular flexibility index (Phi) is 4.37. The zero-order chi connectivity index (χ0) is 14.0. The summed E-state index contributed by atoms with van der Waals surface area (Å²) in [7, 11) is 0. The van der Waals surface area contributed by atoms with Crippen molar-refractivity contribution in [2.75, 3.05) is 17.7 Å². The van der Waals surface area contributed by atoms with Gasteiger partial charge in [-0.2, -0.15) is 11.8 Å². The number of imidazole rings is 1. The molecule has 0 aliphatic carbocycles. The summed E-state index contributed by atoms with van der Waals surface area (Å²) in [6, 6.07) is 5.72. The molecule has 2 unspecified atom stereocenters. The normalized spacial score (nSPS) is 14.7. The number of hydrogen-bond donors (Lipinski definition) is 2. The fraction of sp³-hybridized carbons (Fsp3) is 0.500. The number of nitrogens with two attached hydrogens (primary N) is 1. The monoisotopic (exact) mass is 279 g/mol. The van der Waals surface area contributed by atoms with Crippen molar-refractivity contribution in [1.29, 1.82) is 0 Å². The highest BCUT2D eigenvalue weighted by Gasteiger charge is 2.16. The average molecular weight is 279 g/mol. The van der Waals surface area contributed by atoms with E-state index in [1.165, 1.54) is 0 Å². The number of fused-ring (bicyclic) bond motifs is 1. The Labute approximate surface area is 118 Å². The maximum Gasteiger partial charge on any atom is 0.138 e. The van der Waals surface area contributed by atoms with Gasteiger partial charge in [-0.05, 0) is 43.0 Å². The molecular weight excluding hydrogens is 258 g/mol. The lowest BCUT2D eigenvalue weighted by Gasteiger charge is -2.15. The topological polar surface area (TPSA) is 64.1 Å². The molecule has 0 saturated heterocycles. The molecule has 0 bridgehead atoms. The Balaban J connectivity index is 2.46. The van der Waals surface area contributed by atoms with Gasteiger partial charge in [0.2, 0.25) is 0 Å². The van der Waals surface area contributed by atoms with Crippen molar-refractivity contribution >= 4 is 28.5 Å². The lowest BCUT2D eigenvalue weighted by molar-refractivity contribution is 0.183. The summed E-state index contributed by atoms with van der Waals surface area (Å²) < 4.78 is 2.11. The summed E-state index contributed by atoms with van der Waals surface area (Å²) in [5.41, 5.74) is 8.39. The number of benzene rings is 1. The summed E-state index contributed by atoms with van der Waals surface area (Å²) >= 11 is 1.84. The highest BCUT2D eigenvalue weighted by Crippen LogP contribution is 2.24. The van der Waals surface area contributed by atoms with Crippen LogP contribution in [0, 0.1) is 5.92 Å². The van der Waals surface area contributed by atoms with Crippen molar-refractivity contribution in [3.63, 3.8) is 0 Å². The third-order valence-electron chi connectivity index (χ3n) is 3.12. The van der Waals surface area contributed by atoms with Crippen LogP contribution in [0.25, 0.3) is 11.0 Å². The number of aliphatic hydroxyl groups excluding tert-OH is 1. The molecule has 1 aromatic carbocycles. The van der Waals surface area contributed by atoms with E-state index in [-0.39, 0.29) is 0 Å². The minimum Gasteiger partial charge on any atom is -0.399 e. The number of anilines is 1. The molecule has 0 fully saturated rings. The third-order valence-corrected chi connectivity index (χ3v) is 4.02. The molecule has 5 heteroatoms. The highest BCUT2D eigenvalue weighted by molar-refractivity contribution is 7.98. The van der Waals surface area contributed by atoms with E-state index >= 15 is 0 Å². The number of aliphatic hydroxyl groups is 1. The van der Waals surface area contributed by atoms with Crippen LogP contribution in [-0.4, -0.2) is 26.7 Å². The second-order valence-corrected chi connectivity index (χ2v) is 5.98. The van der Waals surface area contributed by atoms with Crippen molar-refractivity contribution in [2.24, 2.45) is 5.92 Å². The van der Waals surface area contributed by atoms with E-state index < -0.39 is 6.10 Å². The first-order chi connectivity index (χ1) is 9.02. The molecule has 0 saturated carbocycles. The van der Waals surface area contributed by atoms with Gasteiger partial charge in [-0.3, -0.25) is 0 Å². The summed E-state index contributed by atoms with van der Waals surface area (Å²) in [6.07, 6.45) is 1.54. The molecule has 3 N–H and O–H groups in total. The van der Waals surface area contributed by atoms with Crippen LogP contribution in [0.2, 0.25) is 0 Å². The molecule has 1 heterocycles. The molecule has 0 amide bonds. The van der Waals surface area contributed by atoms with Crippen LogP contribution in [0.1, 0.15) is 25.8 Å². The third kappa shape index (κ3) is 3.04. The largest absolute Gasteiger partial charge is 0.399 e. The van der Waals surface area contributed by atoms with E-state index in [4.69, 9.17) is 5.73 Å². The Morgan fingerprint density at radius 3 is 2.79 bits per heavy atom.